The van der Waals surface area contributed by atoms with Gasteiger partial charge in [-0.25, -0.2) is 0 Å². The van der Waals surface area contributed by atoms with Crippen LogP contribution in [0.15, 0.2) is 63.9 Å². The van der Waals surface area contributed by atoms with Crippen molar-refractivity contribution in [1.82, 2.24) is 0 Å². The summed E-state index contributed by atoms with van der Waals surface area (Å²) < 4.78 is 28.3. The lowest BCUT2D eigenvalue weighted by atomic mass is 10.0. The van der Waals surface area contributed by atoms with Gasteiger partial charge in [-0.1, -0.05) is 37.3 Å². The Balaban J connectivity index is 1.63. The summed E-state index contributed by atoms with van der Waals surface area (Å²) in [5, 5.41) is 5.87. The molecule has 1 heterocycles. The molecule has 3 rings (SSSR count). The Morgan fingerprint density at radius 2 is 1.80 bits per heavy atom. The quantitative estimate of drug-likeness (QED) is 0.860. The molecule has 2 aromatic rings. The van der Waals surface area contributed by atoms with Crippen molar-refractivity contribution in [3.8, 4) is 0 Å². The number of amides is 1. The summed E-state index contributed by atoms with van der Waals surface area (Å²) in [4.78, 5) is 12.3. The normalized spacial score (nSPS) is 16.1. The highest BCUT2D eigenvalue weighted by molar-refractivity contribution is 7.90. The van der Waals surface area contributed by atoms with E-state index in [-0.39, 0.29) is 23.1 Å². The summed E-state index contributed by atoms with van der Waals surface area (Å²) in [5.41, 5.74) is 1.26. The number of fused-ring (bicyclic) bond motifs is 1. The number of amidine groups is 1. The Kier molecular flexibility index (Phi) is 4.85. The van der Waals surface area contributed by atoms with Crippen LogP contribution in [0.2, 0.25) is 0 Å². The van der Waals surface area contributed by atoms with Crippen molar-refractivity contribution >= 4 is 33.1 Å². The minimum absolute atomic E-state index is 0.0598. The van der Waals surface area contributed by atoms with Crippen molar-refractivity contribution in [1.29, 1.82) is 0 Å². The second-order valence-corrected chi connectivity index (χ2v) is 7.63. The number of nitrogens with zero attached hydrogens (tertiary/aromatic N) is 1. The van der Waals surface area contributed by atoms with Crippen LogP contribution in [0.25, 0.3) is 0 Å². The molecule has 6 nitrogen and oxygen atoms in total. The van der Waals surface area contributed by atoms with E-state index in [4.69, 9.17) is 0 Å². The maximum absolute atomic E-state index is 12.2. The molecule has 0 radical (unpaired) electrons. The first-order chi connectivity index (χ1) is 11.9. The van der Waals surface area contributed by atoms with Crippen LogP contribution >= 0.6 is 0 Å². The second-order valence-electron chi connectivity index (χ2n) is 6.06. The van der Waals surface area contributed by atoms with Crippen LogP contribution < -0.4 is 10.6 Å². The van der Waals surface area contributed by atoms with Crippen LogP contribution in [0.1, 0.15) is 19.8 Å². The SMILES string of the molecule is C[C@H](CC(=O)Nc1ccccc1)CC1=NS(=O)(=O)c2ccccc2N1. The van der Waals surface area contributed by atoms with Crippen molar-refractivity contribution in [3.63, 3.8) is 0 Å². The fourth-order valence-electron chi connectivity index (χ4n) is 2.71. The Hall–Kier alpha value is -2.67. The van der Waals surface area contributed by atoms with Gasteiger partial charge in [-0.2, -0.15) is 8.42 Å². The van der Waals surface area contributed by atoms with Gasteiger partial charge in [-0.3, -0.25) is 4.79 Å². The molecule has 130 valence electrons. The fraction of sp³-hybridized carbons (Fsp3) is 0.222. The molecule has 2 aromatic carbocycles. The first-order valence-corrected chi connectivity index (χ1v) is 9.43. The van der Waals surface area contributed by atoms with E-state index in [0.29, 0.717) is 17.9 Å². The van der Waals surface area contributed by atoms with Gasteiger partial charge in [-0.05, 0) is 30.2 Å². The molecule has 0 aliphatic carbocycles. The maximum atomic E-state index is 12.2. The number of hydrogen-bond acceptors (Lipinski definition) is 4. The highest BCUT2D eigenvalue weighted by atomic mass is 32.2. The average molecular weight is 357 g/mol. The molecular weight excluding hydrogens is 338 g/mol. The van der Waals surface area contributed by atoms with E-state index >= 15 is 0 Å². The van der Waals surface area contributed by atoms with Crippen LogP contribution in [0.3, 0.4) is 0 Å². The molecule has 1 aliphatic rings. The van der Waals surface area contributed by atoms with Gasteiger partial charge in [0.05, 0.1) is 5.69 Å². The highest BCUT2D eigenvalue weighted by Crippen LogP contribution is 2.28. The van der Waals surface area contributed by atoms with Gasteiger partial charge in [0.25, 0.3) is 10.0 Å². The monoisotopic (exact) mass is 357 g/mol. The number of nitrogens with one attached hydrogen (secondary N) is 2. The lowest BCUT2D eigenvalue weighted by Crippen LogP contribution is -2.25. The minimum atomic E-state index is -3.69. The lowest BCUT2D eigenvalue weighted by molar-refractivity contribution is -0.116. The van der Waals surface area contributed by atoms with Crippen molar-refractivity contribution in [2.75, 3.05) is 10.6 Å². The van der Waals surface area contributed by atoms with E-state index in [1.165, 1.54) is 6.07 Å². The smallest absolute Gasteiger partial charge is 0.286 e. The molecule has 0 unspecified atom stereocenters. The molecule has 1 aliphatic heterocycles. The topological polar surface area (TPSA) is 87.6 Å². The lowest BCUT2D eigenvalue weighted by Gasteiger charge is -2.20. The number of sulfonamides is 1. The maximum Gasteiger partial charge on any atom is 0.286 e. The van der Waals surface area contributed by atoms with Crippen LogP contribution in [-0.4, -0.2) is 20.2 Å². The predicted octanol–water partition coefficient (Wildman–Crippen LogP) is 3.25. The highest BCUT2D eigenvalue weighted by Gasteiger charge is 2.25. The standard InChI is InChI=1S/C18H19N3O3S/c1-13(12-18(22)19-14-7-3-2-4-8-14)11-17-20-15-9-5-6-10-16(15)25(23,24)21-17/h2-10,13H,11-12H2,1H3,(H,19,22)(H,20,21)/t13-/m0/s1. The van der Waals surface area contributed by atoms with Crippen molar-refractivity contribution < 1.29 is 13.2 Å². The second kappa shape index (κ2) is 7.06. The third kappa shape index (κ3) is 4.24. The first kappa shape index (κ1) is 17.2. The molecule has 0 spiro atoms. The largest absolute Gasteiger partial charge is 0.342 e. The van der Waals surface area contributed by atoms with E-state index in [2.05, 4.69) is 15.0 Å². The summed E-state index contributed by atoms with van der Waals surface area (Å²) in [7, 11) is -3.69. The van der Waals surface area contributed by atoms with Crippen LogP contribution in [0, 0.1) is 5.92 Å². The molecule has 25 heavy (non-hydrogen) atoms. The molecule has 0 bridgehead atoms. The summed E-state index contributed by atoms with van der Waals surface area (Å²) in [5.74, 6) is 0.188. The third-order valence-corrected chi connectivity index (χ3v) is 5.18. The van der Waals surface area contributed by atoms with E-state index in [1.54, 1.807) is 18.2 Å². The average Bonchev–Trinajstić information content (AvgIpc) is 2.54. The van der Waals surface area contributed by atoms with Gasteiger partial charge in [0.1, 0.15) is 10.7 Å². The molecule has 7 heteroatoms. The van der Waals surface area contributed by atoms with Crippen LogP contribution in [0.4, 0.5) is 11.4 Å². The van der Waals surface area contributed by atoms with Crippen LogP contribution in [-0.2, 0) is 14.8 Å². The van der Waals surface area contributed by atoms with Crippen LogP contribution in [0.5, 0.6) is 0 Å². The van der Waals surface area contributed by atoms with Crippen molar-refractivity contribution in [2.24, 2.45) is 10.3 Å². The minimum Gasteiger partial charge on any atom is -0.342 e. The van der Waals surface area contributed by atoms with Gasteiger partial charge in [0.15, 0.2) is 0 Å². The predicted molar refractivity (Wildman–Crippen MR) is 98.2 cm³/mol. The Morgan fingerprint density at radius 3 is 2.56 bits per heavy atom. The van der Waals surface area contributed by atoms with Crippen molar-refractivity contribution in [3.05, 3.63) is 54.6 Å². The van der Waals surface area contributed by atoms with E-state index in [1.807, 2.05) is 37.3 Å². The number of hydrogen-bond donors (Lipinski definition) is 2. The van der Waals surface area contributed by atoms with Gasteiger partial charge in [0.2, 0.25) is 5.91 Å². The molecule has 1 atom stereocenters. The summed E-state index contributed by atoms with van der Waals surface area (Å²) in [6.45, 7) is 1.89. The zero-order valence-electron chi connectivity index (χ0n) is 13.8. The fourth-order valence-corrected chi connectivity index (χ4v) is 3.86. The number of anilines is 2. The summed E-state index contributed by atoms with van der Waals surface area (Å²) in [6.07, 6.45) is 0.646. The number of carbonyl (C=O) groups excluding carboxylic acids is 1. The Bertz CT molecular complexity index is 908. The van der Waals surface area contributed by atoms with Gasteiger partial charge in [-0.15, -0.1) is 4.40 Å². The van der Waals surface area contributed by atoms with Gasteiger partial charge >= 0.3 is 0 Å². The van der Waals surface area contributed by atoms with Crippen molar-refractivity contribution in [2.45, 2.75) is 24.7 Å². The number of carbonyl (C=O) groups is 1. The molecular formula is C18H19N3O3S. The zero-order valence-corrected chi connectivity index (χ0v) is 14.6. The van der Waals surface area contributed by atoms with E-state index < -0.39 is 10.0 Å². The molecule has 0 aromatic heterocycles. The molecule has 0 saturated heterocycles. The first-order valence-electron chi connectivity index (χ1n) is 7.99. The molecule has 2 N–H and O–H groups in total. The number of para-hydroxylation sites is 2. The molecule has 0 saturated carbocycles. The molecule has 0 fully saturated rings. The van der Waals surface area contributed by atoms with E-state index in [9.17, 15) is 13.2 Å². The Morgan fingerprint density at radius 1 is 1.12 bits per heavy atom. The Labute approximate surface area is 147 Å². The third-order valence-electron chi connectivity index (χ3n) is 3.81. The summed E-state index contributed by atoms with van der Waals surface area (Å²) in [6, 6.07) is 15.9. The van der Waals surface area contributed by atoms with Gasteiger partial charge in [0, 0.05) is 18.5 Å². The van der Waals surface area contributed by atoms with Gasteiger partial charge < -0.3 is 10.6 Å². The van der Waals surface area contributed by atoms with E-state index in [0.717, 1.165) is 5.69 Å². The molecule has 1 amide bonds. The zero-order chi connectivity index (χ0) is 17.9. The number of rotatable bonds is 5. The summed E-state index contributed by atoms with van der Waals surface area (Å²) >= 11 is 0. The number of benzene rings is 2.